The molecule has 0 aliphatic carbocycles. The van der Waals surface area contributed by atoms with Crippen LogP contribution in [0, 0.1) is 0 Å². The zero-order valence-corrected chi connectivity index (χ0v) is 22.9. The number of nitrogens with zero attached hydrogens (tertiary/aromatic N) is 4. The number of unbranched alkanes of at least 4 members (excludes halogenated alkanes) is 7. The van der Waals surface area contributed by atoms with E-state index in [0.717, 1.165) is 19.4 Å². The van der Waals surface area contributed by atoms with Gasteiger partial charge in [-0.3, -0.25) is 4.48 Å². The molecular formula is C27H50N4O3+2. The van der Waals surface area contributed by atoms with Crippen LogP contribution in [0.2, 0.25) is 0 Å². The van der Waals surface area contributed by atoms with Gasteiger partial charge in [-0.2, -0.15) is 0 Å². The lowest BCUT2D eigenvalue weighted by Gasteiger charge is -2.35. The summed E-state index contributed by atoms with van der Waals surface area (Å²) in [5.74, 6) is 0.0770. The number of aromatic nitrogens is 1. The number of ether oxygens (including phenoxy) is 1. The fourth-order valence-electron chi connectivity index (χ4n) is 4.37. The minimum absolute atomic E-state index is 0.136. The van der Waals surface area contributed by atoms with Crippen LogP contribution in [0.3, 0.4) is 0 Å². The van der Waals surface area contributed by atoms with Crippen LogP contribution in [0.5, 0.6) is 5.75 Å². The molecule has 34 heavy (non-hydrogen) atoms. The summed E-state index contributed by atoms with van der Waals surface area (Å²) in [6.07, 6.45) is 10.9. The van der Waals surface area contributed by atoms with E-state index >= 15 is 0 Å². The van der Waals surface area contributed by atoms with Crippen LogP contribution in [0.15, 0.2) is 18.3 Å². The van der Waals surface area contributed by atoms with Gasteiger partial charge < -0.3 is 14.1 Å². The first-order valence-electron chi connectivity index (χ1n) is 13.2. The summed E-state index contributed by atoms with van der Waals surface area (Å²) in [7, 11) is 7.01. The lowest BCUT2D eigenvalue weighted by atomic mass is 10.1. The molecule has 0 fully saturated rings. The van der Waals surface area contributed by atoms with Crippen LogP contribution in [-0.2, 0) is 0 Å². The zero-order valence-electron chi connectivity index (χ0n) is 22.9. The summed E-state index contributed by atoms with van der Waals surface area (Å²) in [5.41, 5.74) is 0.208. The van der Waals surface area contributed by atoms with Gasteiger partial charge in [-0.1, -0.05) is 25.7 Å². The second-order valence-corrected chi connectivity index (χ2v) is 10.2. The molecular weight excluding hydrogens is 428 g/mol. The maximum Gasteiger partial charge on any atom is 0.414 e. The van der Waals surface area contributed by atoms with Crippen LogP contribution >= 0.6 is 0 Å². The molecule has 1 rings (SSSR count). The topological polar surface area (TPSA) is 59.5 Å². The number of hydrogen-bond acceptors (Lipinski definition) is 4. The molecule has 7 nitrogen and oxygen atoms in total. The highest BCUT2D eigenvalue weighted by Crippen LogP contribution is 2.21. The molecule has 0 saturated carbocycles. The van der Waals surface area contributed by atoms with E-state index in [1.54, 1.807) is 32.4 Å². The predicted molar refractivity (Wildman–Crippen MR) is 139 cm³/mol. The largest absolute Gasteiger partial charge is 0.414 e. The van der Waals surface area contributed by atoms with Gasteiger partial charge in [0.15, 0.2) is 5.75 Å². The molecule has 1 heterocycles. The van der Waals surface area contributed by atoms with Crippen molar-refractivity contribution in [2.75, 3.05) is 60.9 Å². The van der Waals surface area contributed by atoms with Crippen LogP contribution in [0.4, 0.5) is 4.79 Å². The summed E-state index contributed by atoms with van der Waals surface area (Å²) < 4.78 is 6.80. The Kier molecular flexibility index (Phi) is 13.3. The molecule has 194 valence electrons. The highest BCUT2D eigenvalue weighted by molar-refractivity contribution is 5.90. The van der Waals surface area contributed by atoms with Gasteiger partial charge in [0, 0.05) is 20.3 Å². The number of quaternary nitrogens is 2. The summed E-state index contributed by atoms with van der Waals surface area (Å²) in [5, 5.41) is 0. The Balaban J connectivity index is 2.34. The Morgan fingerprint density at radius 1 is 0.853 bits per heavy atom. The Morgan fingerprint density at radius 2 is 1.35 bits per heavy atom. The molecule has 7 heteroatoms. The van der Waals surface area contributed by atoms with Gasteiger partial charge in [-0.15, -0.1) is 0 Å². The monoisotopic (exact) mass is 478 g/mol. The van der Waals surface area contributed by atoms with Crippen LogP contribution in [0.25, 0.3) is 0 Å². The van der Waals surface area contributed by atoms with Crippen molar-refractivity contribution in [2.24, 2.45) is 0 Å². The fraction of sp³-hybridized carbons (Fsp3) is 0.741. The van der Waals surface area contributed by atoms with E-state index < -0.39 is 6.09 Å². The maximum atomic E-state index is 13.1. The smallest absolute Gasteiger partial charge is 0.407 e. The minimum Gasteiger partial charge on any atom is -0.407 e. The number of hydrogen-bond donors (Lipinski definition) is 0. The molecule has 0 atom stereocenters. The van der Waals surface area contributed by atoms with Gasteiger partial charge in [0.2, 0.25) is 5.69 Å². The van der Waals surface area contributed by atoms with E-state index in [4.69, 9.17) is 4.74 Å². The number of carbonyl (C=O) groups excluding carboxylic acids is 2. The van der Waals surface area contributed by atoms with Gasteiger partial charge in [0.25, 0.3) is 0 Å². The molecule has 0 unspecified atom stereocenters. The Labute approximate surface area is 208 Å². The van der Waals surface area contributed by atoms with Gasteiger partial charge in [-0.05, 0) is 58.6 Å². The zero-order chi connectivity index (χ0) is 25.6. The lowest BCUT2D eigenvalue weighted by molar-refractivity contribution is -0.923. The quantitative estimate of drug-likeness (QED) is 0.237. The standard InChI is InChI=1S/C27H50N4O3/c1-8-31(9-2,10-3)23-18-16-14-12-11-13-15-17-22-30(6,7)26(32)25-24(20-19-21-28-25)34-27(33)29(4)5/h19-21H,8-18,22-23H2,1-7H3/q+2. The third-order valence-electron chi connectivity index (χ3n) is 7.20. The van der Waals surface area contributed by atoms with E-state index in [-0.39, 0.29) is 21.8 Å². The van der Waals surface area contributed by atoms with Crippen molar-refractivity contribution in [3.63, 3.8) is 0 Å². The Hall–Kier alpha value is -1.99. The number of rotatable bonds is 16. The van der Waals surface area contributed by atoms with Crippen molar-refractivity contribution < 1.29 is 23.3 Å². The molecule has 2 amide bonds. The third-order valence-corrected chi connectivity index (χ3v) is 7.20. The minimum atomic E-state index is -0.521. The van der Waals surface area contributed by atoms with Crippen LogP contribution < -0.4 is 4.74 Å². The highest BCUT2D eigenvalue weighted by atomic mass is 16.6. The van der Waals surface area contributed by atoms with E-state index in [1.165, 1.54) is 74.1 Å². The van der Waals surface area contributed by atoms with Crippen molar-refractivity contribution in [3.05, 3.63) is 24.0 Å². The van der Waals surface area contributed by atoms with Gasteiger partial charge >= 0.3 is 12.0 Å². The second kappa shape index (κ2) is 15.1. The van der Waals surface area contributed by atoms with Crippen LogP contribution in [0.1, 0.15) is 82.6 Å². The average molecular weight is 479 g/mol. The fourth-order valence-corrected chi connectivity index (χ4v) is 4.37. The van der Waals surface area contributed by atoms with Crippen molar-refractivity contribution in [1.29, 1.82) is 0 Å². The number of amides is 2. The average Bonchev–Trinajstić information content (AvgIpc) is 2.83. The summed E-state index contributed by atoms with van der Waals surface area (Å²) in [6.45, 7) is 12.7. The molecule has 0 N–H and O–H groups in total. The Bertz CT molecular complexity index is 737. The predicted octanol–water partition coefficient (Wildman–Crippen LogP) is 5.36. The van der Waals surface area contributed by atoms with Crippen LogP contribution in [-0.4, -0.2) is 91.8 Å². The molecule has 1 aromatic rings. The first-order chi connectivity index (χ1) is 16.1. The van der Waals surface area contributed by atoms with Gasteiger partial charge in [0.1, 0.15) is 0 Å². The lowest BCUT2D eigenvalue weighted by Crippen LogP contribution is -2.48. The third kappa shape index (κ3) is 9.71. The molecule has 0 spiro atoms. The molecule has 0 radical (unpaired) electrons. The SMILES string of the molecule is CC[N+](CC)(CC)CCCCCCCCCC[N+](C)(C)C(=O)c1ncccc1OC(=O)N(C)C. The second-order valence-electron chi connectivity index (χ2n) is 10.2. The van der Waals surface area contributed by atoms with Gasteiger partial charge in [0.05, 0.1) is 46.8 Å². The van der Waals surface area contributed by atoms with Crippen molar-refractivity contribution in [1.82, 2.24) is 9.88 Å². The summed E-state index contributed by atoms with van der Waals surface area (Å²) in [6, 6.07) is 3.29. The molecule has 0 saturated heterocycles. The number of carbonyl (C=O) groups is 2. The summed E-state index contributed by atoms with van der Waals surface area (Å²) in [4.78, 5) is 30.6. The Morgan fingerprint density at radius 3 is 1.85 bits per heavy atom. The van der Waals surface area contributed by atoms with E-state index in [1.807, 2.05) is 14.1 Å². The molecule has 1 aromatic heterocycles. The molecule has 0 aromatic carbocycles. The first-order valence-corrected chi connectivity index (χ1v) is 13.2. The van der Waals surface area contributed by atoms with E-state index in [9.17, 15) is 9.59 Å². The summed E-state index contributed by atoms with van der Waals surface area (Å²) >= 11 is 0. The van der Waals surface area contributed by atoms with E-state index in [2.05, 4.69) is 25.8 Å². The maximum absolute atomic E-state index is 13.1. The first kappa shape index (κ1) is 30.0. The highest BCUT2D eigenvalue weighted by Gasteiger charge is 2.32. The molecule has 0 aliphatic heterocycles. The molecule has 0 aliphatic rings. The van der Waals surface area contributed by atoms with Crippen molar-refractivity contribution in [3.8, 4) is 5.75 Å². The normalized spacial score (nSPS) is 12.0. The van der Waals surface area contributed by atoms with Gasteiger partial charge in [-0.25, -0.2) is 14.6 Å². The van der Waals surface area contributed by atoms with Crippen molar-refractivity contribution >= 4 is 12.0 Å². The molecule has 0 bridgehead atoms. The van der Waals surface area contributed by atoms with Crippen molar-refractivity contribution in [2.45, 2.75) is 72.1 Å². The number of pyridine rings is 1. The van der Waals surface area contributed by atoms with E-state index in [0.29, 0.717) is 0 Å².